The summed E-state index contributed by atoms with van der Waals surface area (Å²) >= 11 is 6.47. The Labute approximate surface area is 153 Å². The predicted molar refractivity (Wildman–Crippen MR) is 100.0 cm³/mol. The Morgan fingerprint density at radius 2 is 2.16 bits per heavy atom. The molecule has 8 heteroatoms. The van der Waals surface area contributed by atoms with Gasteiger partial charge in [-0.3, -0.25) is 10.1 Å². The van der Waals surface area contributed by atoms with E-state index in [-0.39, 0.29) is 18.1 Å². The molecule has 2 aromatic carbocycles. The molecule has 0 saturated carbocycles. The van der Waals surface area contributed by atoms with Crippen molar-refractivity contribution >= 4 is 40.1 Å². The van der Waals surface area contributed by atoms with Crippen LogP contribution in [0, 0.1) is 15.9 Å². The maximum Gasteiger partial charge on any atom is 0.270 e. The van der Waals surface area contributed by atoms with Crippen LogP contribution < -0.4 is 10.1 Å². The number of nitrogens with one attached hydrogen (secondary N) is 1. The molecular formula is C17H13FN2O3S2. The van der Waals surface area contributed by atoms with Crippen LogP contribution in [-0.4, -0.2) is 15.8 Å². The van der Waals surface area contributed by atoms with E-state index in [9.17, 15) is 14.5 Å². The molecule has 0 unspecified atom stereocenters. The first-order valence-corrected chi connectivity index (χ1v) is 8.56. The number of ether oxygens (including phenoxy) is 1. The fraction of sp³-hybridized carbons (Fsp3) is 0.118. The molecule has 5 nitrogen and oxygen atoms in total. The lowest BCUT2D eigenvalue weighted by Gasteiger charge is -2.10. The Morgan fingerprint density at radius 1 is 1.36 bits per heavy atom. The molecule has 1 N–H and O–H groups in total. The molecule has 0 aliphatic carbocycles. The van der Waals surface area contributed by atoms with E-state index in [2.05, 4.69) is 5.32 Å². The zero-order valence-electron chi connectivity index (χ0n) is 12.9. The highest BCUT2D eigenvalue weighted by Gasteiger charge is 2.16. The number of non-ortho nitro benzene ring substituents is 1. The van der Waals surface area contributed by atoms with E-state index in [1.807, 2.05) is 0 Å². The van der Waals surface area contributed by atoms with E-state index in [0.29, 0.717) is 27.7 Å². The molecular weight excluding hydrogens is 363 g/mol. The lowest BCUT2D eigenvalue weighted by Crippen LogP contribution is -2.09. The Morgan fingerprint density at radius 3 is 2.84 bits per heavy atom. The fourth-order valence-electron chi connectivity index (χ4n) is 2.27. The second-order valence-corrected chi connectivity index (χ2v) is 7.02. The third-order valence-electron chi connectivity index (χ3n) is 3.49. The Kier molecular flexibility index (Phi) is 5.30. The summed E-state index contributed by atoms with van der Waals surface area (Å²) in [5.74, 6) is 0.0879. The maximum atomic E-state index is 13.7. The van der Waals surface area contributed by atoms with Crippen LogP contribution in [0.15, 0.2) is 47.4 Å². The molecule has 1 fully saturated rings. The number of nitro groups is 1. The van der Waals surface area contributed by atoms with Gasteiger partial charge < -0.3 is 10.1 Å². The molecule has 0 spiro atoms. The van der Waals surface area contributed by atoms with Gasteiger partial charge in [0, 0.05) is 34.7 Å². The summed E-state index contributed by atoms with van der Waals surface area (Å²) in [6.07, 6.45) is 1.79. The van der Waals surface area contributed by atoms with Crippen molar-refractivity contribution in [3.63, 3.8) is 0 Å². The first-order valence-electron chi connectivity index (χ1n) is 7.34. The van der Waals surface area contributed by atoms with Gasteiger partial charge in [0.1, 0.15) is 22.5 Å². The SMILES string of the molecule is O=[N+]([O-])c1ccc(OCc2ccccc2F)c(/C=C2\CNC(=S)S2)c1. The van der Waals surface area contributed by atoms with Gasteiger partial charge in [-0.2, -0.15) is 0 Å². The number of hydrogen-bond donors (Lipinski definition) is 1. The van der Waals surface area contributed by atoms with Gasteiger partial charge in [0.15, 0.2) is 0 Å². The van der Waals surface area contributed by atoms with Gasteiger partial charge in [0.2, 0.25) is 0 Å². The third kappa shape index (κ3) is 4.34. The minimum atomic E-state index is -0.465. The van der Waals surface area contributed by atoms with Crippen LogP contribution in [0.25, 0.3) is 6.08 Å². The van der Waals surface area contributed by atoms with Gasteiger partial charge in [0.05, 0.1) is 4.92 Å². The van der Waals surface area contributed by atoms with Crippen LogP contribution in [0.4, 0.5) is 10.1 Å². The molecule has 1 aliphatic heterocycles. The van der Waals surface area contributed by atoms with E-state index in [0.717, 1.165) is 4.91 Å². The average Bonchev–Trinajstić information content (AvgIpc) is 2.99. The topological polar surface area (TPSA) is 64.4 Å². The Hall–Kier alpha value is -2.45. The van der Waals surface area contributed by atoms with E-state index in [1.165, 1.54) is 36.0 Å². The minimum absolute atomic E-state index is 0.0322. The van der Waals surface area contributed by atoms with E-state index < -0.39 is 4.92 Å². The van der Waals surface area contributed by atoms with Crippen molar-refractivity contribution in [2.75, 3.05) is 6.54 Å². The van der Waals surface area contributed by atoms with Crippen molar-refractivity contribution in [2.45, 2.75) is 6.61 Å². The predicted octanol–water partition coefficient (Wildman–Crippen LogP) is 4.28. The van der Waals surface area contributed by atoms with Crippen molar-refractivity contribution in [1.82, 2.24) is 5.32 Å². The summed E-state index contributed by atoms with van der Waals surface area (Å²) in [5.41, 5.74) is 0.931. The number of benzene rings is 2. The van der Waals surface area contributed by atoms with Gasteiger partial charge in [-0.05, 0) is 18.2 Å². The number of hydrogen-bond acceptors (Lipinski definition) is 5. The normalized spacial score (nSPS) is 15.2. The van der Waals surface area contributed by atoms with E-state index in [4.69, 9.17) is 17.0 Å². The van der Waals surface area contributed by atoms with Crippen molar-refractivity contribution in [3.8, 4) is 5.75 Å². The number of nitro benzene ring substituents is 1. The molecule has 1 heterocycles. The zero-order chi connectivity index (χ0) is 17.8. The summed E-state index contributed by atoms with van der Waals surface area (Å²) in [5, 5.41) is 14.0. The summed E-state index contributed by atoms with van der Waals surface area (Å²) in [6, 6.07) is 10.6. The van der Waals surface area contributed by atoms with Crippen LogP contribution in [-0.2, 0) is 6.61 Å². The molecule has 0 amide bonds. The molecule has 3 rings (SSSR count). The van der Waals surface area contributed by atoms with Crippen LogP contribution in [0.5, 0.6) is 5.75 Å². The standard InChI is InChI=1S/C17H13FN2O3S2/c18-15-4-2-1-3-11(15)10-23-16-6-5-13(20(21)22)7-12(16)8-14-9-19-17(24)25-14/h1-8H,9-10H2,(H,19,24)/b14-8+. The second-order valence-electron chi connectivity index (χ2n) is 5.21. The van der Waals surface area contributed by atoms with E-state index in [1.54, 1.807) is 24.3 Å². The van der Waals surface area contributed by atoms with Crippen LogP contribution in [0.2, 0.25) is 0 Å². The molecule has 25 heavy (non-hydrogen) atoms. The minimum Gasteiger partial charge on any atom is -0.488 e. The first kappa shape index (κ1) is 17.4. The quantitative estimate of drug-likeness (QED) is 0.477. The average molecular weight is 376 g/mol. The molecule has 0 radical (unpaired) electrons. The number of halogens is 1. The summed E-state index contributed by atoms with van der Waals surface area (Å²) in [7, 11) is 0. The monoisotopic (exact) mass is 376 g/mol. The molecule has 1 aliphatic rings. The summed E-state index contributed by atoms with van der Waals surface area (Å²) in [6.45, 7) is 0.601. The molecule has 0 atom stereocenters. The number of thiocarbonyl (C=S) groups is 1. The largest absolute Gasteiger partial charge is 0.488 e. The number of thioether (sulfide) groups is 1. The number of nitrogens with zero attached hydrogens (tertiary/aromatic N) is 1. The smallest absolute Gasteiger partial charge is 0.270 e. The summed E-state index contributed by atoms with van der Waals surface area (Å²) < 4.78 is 20.1. The van der Waals surface area contributed by atoms with Gasteiger partial charge in [-0.25, -0.2) is 4.39 Å². The lowest BCUT2D eigenvalue weighted by molar-refractivity contribution is -0.384. The molecule has 1 saturated heterocycles. The zero-order valence-corrected chi connectivity index (χ0v) is 14.5. The first-order chi connectivity index (χ1) is 12.0. The molecule has 0 bridgehead atoms. The summed E-state index contributed by atoms with van der Waals surface area (Å²) in [4.78, 5) is 11.5. The number of rotatable bonds is 5. The van der Waals surface area contributed by atoms with Gasteiger partial charge in [0.25, 0.3) is 5.69 Å². The van der Waals surface area contributed by atoms with Gasteiger partial charge in [-0.1, -0.05) is 42.2 Å². The van der Waals surface area contributed by atoms with Crippen molar-refractivity contribution in [3.05, 3.63) is 74.4 Å². The molecule has 0 aromatic heterocycles. The Bertz CT molecular complexity index is 871. The van der Waals surface area contributed by atoms with Crippen molar-refractivity contribution in [2.24, 2.45) is 0 Å². The molecule has 128 valence electrons. The Balaban J connectivity index is 1.88. The third-order valence-corrected chi connectivity index (χ3v) is 4.74. The van der Waals surface area contributed by atoms with Crippen LogP contribution in [0.3, 0.4) is 0 Å². The van der Waals surface area contributed by atoms with Crippen molar-refractivity contribution < 1.29 is 14.1 Å². The van der Waals surface area contributed by atoms with Crippen LogP contribution >= 0.6 is 24.0 Å². The van der Waals surface area contributed by atoms with Gasteiger partial charge in [-0.15, -0.1) is 0 Å². The highest BCUT2D eigenvalue weighted by atomic mass is 32.2. The fourth-order valence-corrected chi connectivity index (χ4v) is 3.38. The van der Waals surface area contributed by atoms with Gasteiger partial charge >= 0.3 is 0 Å². The highest BCUT2D eigenvalue weighted by Crippen LogP contribution is 2.31. The maximum absolute atomic E-state index is 13.7. The highest BCUT2D eigenvalue weighted by molar-refractivity contribution is 8.26. The van der Waals surface area contributed by atoms with E-state index >= 15 is 0 Å². The second kappa shape index (κ2) is 7.62. The van der Waals surface area contributed by atoms with Crippen molar-refractivity contribution in [1.29, 1.82) is 0 Å². The molecule has 2 aromatic rings. The van der Waals surface area contributed by atoms with Crippen LogP contribution in [0.1, 0.15) is 11.1 Å². The lowest BCUT2D eigenvalue weighted by atomic mass is 10.1.